The molecule has 1 aromatic rings. The van der Waals surface area contributed by atoms with E-state index in [1.54, 1.807) is 6.08 Å². The second-order valence-corrected chi connectivity index (χ2v) is 3.11. The molecular weight excluding hydrogens is 220 g/mol. The Hall–Kier alpha value is -2.36. The minimum atomic E-state index is -1.18. The molecule has 1 N–H and O–H groups in total. The van der Waals surface area contributed by atoms with E-state index in [1.807, 2.05) is 36.4 Å². The van der Waals surface area contributed by atoms with Crippen LogP contribution in [0.1, 0.15) is 5.56 Å². The largest absolute Gasteiger partial charge is 0.478 e. The van der Waals surface area contributed by atoms with Gasteiger partial charge in [0.15, 0.2) is 0 Å². The zero-order valence-electron chi connectivity index (χ0n) is 9.08. The lowest BCUT2D eigenvalue weighted by Gasteiger charge is -1.96. The van der Waals surface area contributed by atoms with Crippen LogP contribution in [-0.2, 0) is 14.3 Å². The Morgan fingerprint density at radius 2 is 1.88 bits per heavy atom. The molecule has 0 saturated heterocycles. The molecule has 0 aliphatic carbocycles. The zero-order valence-corrected chi connectivity index (χ0v) is 9.08. The van der Waals surface area contributed by atoms with Gasteiger partial charge in [-0.25, -0.2) is 9.59 Å². The van der Waals surface area contributed by atoms with Crippen molar-refractivity contribution in [1.82, 2.24) is 0 Å². The van der Waals surface area contributed by atoms with Crippen molar-refractivity contribution in [3.8, 4) is 0 Å². The van der Waals surface area contributed by atoms with Crippen molar-refractivity contribution in [2.45, 2.75) is 0 Å². The third-order valence-electron chi connectivity index (χ3n) is 1.79. The minimum Gasteiger partial charge on any atom is -0.478 e. The topological polar surface area (TPSA) is 63.6 Å². The Kier molecular flexibility index (Phi) is 5.24. The molecule has 0 unspecified atom stereocenters. The lowest BCUT2D eigenvalue weighted by molar-refractivity contribution is -0.137. The predicted octanol–water partition coefficient (Wildman–Crippen LogP) is 1.88. The molecule has 4 heteroatoms. The fourth-order valence-corrected chi connectivity index (χ4v) is 1.07. The average Bonchev–Trinajstić information content (AvgIpc) is 2.33. The third-order valence-corrected chi connectivity index (χ3v) is 1.79. The van der Waals surface area contributed by atoms with E-state index < -0.39 is 11.9 Å². The molecular formula is C13H12O4. The van der Waals surface area contributed by atoms with Crippen LogP contribution in [-0.4, -0.2) is 23.7 Å². The zero-order chi connectivity index (χ0) is 12.5. The van der Waals surface area contributed by atoms with Crippen molar-refractivity contribution in [3.05, 3.63) is 54.1 Å². The number of carbonyl (C=O) groups is 2. The molecule has 0 saturated carbocycles. The van der Waals surface area contributed by atoms with Crippen molar-refractivity contribution in [2.24, 2.45) is 0 Å². The summed E-state index contributed by atoms with van der Waals surface area (Å²) in [5, 5.41) is 8.27. The van der Waals surface area contributed by atoms with Gasteiger partial charge in [0.05, 0.1) is 0 Å². The average molecular weight is 232 g/mol. The number of benzene rings is 1. The van der Waals surface area contributed by atoms with Crippen molar-refractivity contribution in [2.75, 3.05) is 6.61 Å². The molecule has 88 valence electrons. The van der Waals surface area contributed by atoms with Gasteiger partial charge in [0.25, 0.3) is 0 Å². The summed E-state index contributed by atoms with van der Waals surface area (Å²) >= 11 is 0. The standard InChI is InChI=1S/C13H12O4/c14-12(15)8-9-13(16)17-10-4-7-11-5-2-1-3-6-11/h1-9H,10H2,(H,14,15)/b7-4+,9-8+. The molecule has 1 aromatic carbocycles. The van der Waals surface area contributed by atoms with Gasteiger partial charge in [0.2, 0.25) is 0 Å². The van der Waals surface area contributed by atoms with Crippen LogP contribution in [0.2, 0.25) is 0 Å². The number of carbonyl (C=O) groups excluding carboxylic acids is 1. The van der Waals surface area contributed by atoms with E-state index in [2.05, 4.69) is 0 Å². The number of hydrogen-bond donors (Lipinski definition) is 1. The maximum atomic E-state index is 11.0. The Morgan fingerprint density at radius 1 is 1.18 bits per heavy atom. The maximum Gasteiger partial charge on any atom is 0.331 e. The van der Waals surface area contributed by atoms with E-state index >= 15 is 0 Å². The predicted molar refractivity (Wildman–Crippen MR) is 63.2 cm³/mol. The number of rotatable bonds is 5. The molecule has 0 aliphatic heterocycles. The summed E-state index contributed by atoms with van der Waals surface area (Å²) in [5.74, 6) is -1.85. The molecule has 0 atom stereocenters. The van der Waals surface area contributed by atoms with Gasteiger partial charge in [-0.2, -0.15) is 0 Å². The van der Waals surface area contributed by atoms with Crippen LogP contribution >= 0.6 is 0 Å². The molecule has 0 heterocycles. The summed E-state index contributed by atoms with van der Waals surface area (Å²) in [6, 6.07) is 9.56. The molecule has 4 nitrogen and oxygen atoms in total. The molecule has 0 spiro atoms. The number of hydrogen-bond acceptors (Lipinski definition) is 3. The number of esters is 1. The molecule has 0 amide bonds. The number of ether oxygens (including phenoxy) is 1. The van der Waals surface area contributed by atoms with Crippen molar-refractivity contribution in [3.63, 3.8) is 0 Å². The SMILES string of the molecule is O=C(O)/C=C/C(=O)OC/C=C/c1ccccc1. The summed E-state index contributed by atoms with van der Waals surface area (Å²) < 4.78 is 4.74. The number of carboxylic acid groups (broad SMARTS) is 1. The molecule has 1 rings (SSSR count). The normalized spacial score (nSPS) is 10.8. The first-order chi connectivity index (χ1) is 8.18. The number of carboxylic acids is 1. The lowest BCUT2D eigenvalue weighted by atomic mass is 10.2. The van der Waals surface area contributed by atoms with Crippen LogP contribution in [0.25, 0.3) is 6.08 Å². The second-order valence-electron chi connectivity index (χ2n) is 3.11. The van der Waals surface area contributed by atoms with E-state index in [0.29, 0.717) is 0 Å². The fourth-order valence-electron chi connectivity index (χ4n) is 1.07. The Bertz CT molecular complexity index is 432. The van der Waals surface area contributed by atoms with Crippen molar-refractivity contribution in [1.29, 1.82) is 0 Å². The number of aliphatic carboxylic acids is 1. The van der Waals surface area contributed by atoms with E-state index in [1.165, 1.54) is 0 Å². The van der Waals surface area contributed by atoms with Crippen LogP contribution < -0.4 is 0 Å². The fraction of sp³-hybridized carbons (Fsp3) is 0.0769. The smallest absolute Gasteiger partial charge is 0.331 e. The molecule has 0 bridgehead atoms. The molecule has 0 radical (unpaired) electrons. The monoisotopic (exact) mass is 232 g/mol. The van der Waals surface area contributed by atoms with E-state index in [-0.39, 0.29) is 6.61 Å². The first-order valence-electron chi connectivity index (χ1n) is 4.98. The van der Waals surface area contributed by atoms with E-state index in [9.17, 15) is 9.59 Å². The maximum absolute atomic E-state index is 11.0. The highest BCUT2D eigenvalue weighted by molar-refractivity contribution is 5.90. The highest BCUT2D eigenvalue weighted by Gasteiger charge is 1.95. The van der Waals surface area contributed by atoms with Gasteiger partial charge >= 0.3 is 11.9 Å². The van der Waals surface area contributed by atoms with E-state index in [4.69, 9.17) is 9.84 Å². The summed E-state index contributed by atoms with van der Waals surface area (Å²) in [5.41, 5.74) is 1.00. The van der Waals surface area contributed by atoms with Gasteiger partial charge in [-0.3, -0.25) is 0 Å². The Morgan fingerprint density at radius 3 is 2.53 bits per heavy atom. The van der Waals surface area contributed by atoms with Gasteiger partial charge in [-0.05, 0) is 11.6 Å². The van der Waals surface area contributed by atoms with Crippen LogP contribution in [0.15, 0.2) is 48.6 Å². The second kappa shape index (κ2) is 7.00. The van der Waals surface area contributed by atoms with Gasteiger partial charge in [-0.15, -0.1) is 0 Å². The molecule has 0 fully saturated rings. The first kappa shape index (κ1) is 12.7. The summed E-state index contributed by atoms with van der Waals surface area (Å²) in [7, 11) is 0. The highest BCUT2D eigenvalue weighted by atomic mass is 16.5. The van der Waals surface area contributed by atoms with Gasteiger partial charge in [-0.1, -0.05) is 36.4 Å². The first-order valence-corrected chi connectivity index (χ1v) is 4.98. The van der Waals surface area contributed by atoms with Crippen molar-refractivity contribution < 1.29 is 19.4 Å². The van der Waals surface area contributed by atoms with Crippen LogP contribution in [0.3, 0.4) is 0 Å². The summed E-state index contributed by atoms with van der Waals surface area (Å²) in [4.78, 5) is 21.1. The Labute approximate surface area is 98.8 Å². The minimum absolute atomic E-state index is 0.109. The molecule has 0 aliphatic rings. The summed E-state index contributed by atoms with van der Waals surface area (Å²) in [6.07, 6.45) is 5.11. The Balaban J connectivity index is 2.31. The van der Waals surface area contributed by atoms with Crippen LogP contribution in [0.5, 0.6) is 0 Å². The quantitative estimate of drug-likeness (QED) is 0.622. The van der Waals surface area contributed by atoms with Crippen molar-refractivity contribution >= 4 is 18.0 Å². The summed E-state index contributed by atoms with van der Waals surface area (Å²) in [6.45, 7) is 0.109. The van der Waals surface area contributed by atoms with Gasteiger partial charge in [0, 0.05) is 12.2 Å². The lowest BCUT2D eigenvalue weighted by Crippen LogP contribution is -2.01. The van der Waals surface area contributed by atoms with Crippen LogP contribution in [0, 0.1) is 0 Å². The van der Waals surface area contributed by atoms with Gasteiger partial charge < -0.3 is 9.84 Å². The molecule has 17 heavy (non-hydrogen) atoms. The third kappa shape index (κ3) is 5.94. The van der Waals surface area contributed by atoms with Crippen LogP contribution in [0.4, 0.5) is 0 Å². The molecule has 0 aromatic heterocycles. The van der Waals surface area contributed by atoms with Gasteiger partial charge in [0.1, 0.15) is 6.61 Å². The highest BCUT2D eigenvalue weighted by Crippen LogP contribution is 2.00. The van der Waals surface area contributed by atoms with E-state index in [0.717, 1.165) is 17.7 Å².